The van der Waals surface area contributed by atoms with Gasteiger partial charge >= 0.3 is 0 Å². The van der Waals surface area contributed by atoms with Crippen molar-refractivity contribution in [2.24, 2.45) is 0 Å². The molecule has 1 aromatic carbocycles. The molecule has 4 heteroatoms. The molecule has 0 radical (unpaired) electrons. The van der Waals surface area contributed by atoms with Crippen LogP contribution in [0.2, 0.25) is 0 Å². The molecule has 2 atom stereocenters. The van der Waals surface area contributed by atoms with Gasteiger partial charge in [-0.25, -0.2) is 4.98 Å². The van der Waals surface area contributed by atoms with Crippen LogP contribution in [0.15, 0.2) is 35.1 Å². The highest BCUT2D eigenvalue weighted by molar-refractivity contribution is 5.22. The van der Waals surface area contributed by atoms with Crippen LogP contribution < -0.4 is 10.9 Å². The van der Waals surface area contributed by atoms with Crippen LogP contribution in [0.1, 0.15) is 48.6 Å². The highest BCUT2D eigenvalue weighted by Crippen LogP contribution is 2.18. The molecule has 0 fully saturated rings. The molecule has 1 aromatic heterocycles. The van der Waals surface area contributed by atoms with Gasteiger partial charge in [-0.2, -0.15) is 0 Å². The Morgan fingerprint density at radius 3 is 2.35 bits per heavy atom. The molecule has 2 unspecified atom stereocenters. The van der Waals surface area contributed by atoms with E-state index in [4.69, 9.17) is 0 Å². The Balaban J connectivity index is 2.21. The van der Waals surface area contributed by atoms with Crippen LogP contribution in [0.3, 0.4) is 0 Å². The fourth-order valence-electron chi connectivity index (χ4n) is 2.54. The van der Waals surface area contributed by atoms with Gasteiger partial charge in [0.2, 0.25) is 0 Å². The number of aromatic nitrogens is 2. The third kappa shape index (κ3) is 3.14. The number of rotatable bonds is 4. The zero-order chi connectivity index (χ0) is 14.7. The maximum Gasteiger partial charge on any atom is 0.255 e. The van der Waals surface area contributed by atoms with Gasteiger partial charge < -0.3 is 10.3 Å². The van der Waals surface area contributed by atoms with Crippen LogP contribution in [-0.2, 0) is 0 Å². The Bertz CT molecular complexity index is 634. The molecule has 0 amide bonds. The van der Waals surface area contributed by atoms with Crippen molar-refractivity contribution in [1.82, 2.24) is 15.3 Å². The summed E-state index contributed by atoms with van der Waals surface area (Å²) in [5.41, 5.74) is 2.63. The Kier molecular flexibility index (Phi) is 4.35. The predicted molar refractivity (Wildman–Crippen MR) is 80.7 cm³/mol. The normalized spacial score (nSPS) is 14.0. The lowest BCUT2D eigenvalue weighted by molar-refractivity contribution is 0.487. The van der Waals surface area contributed by atoms with E-state index in [1.54, 1.807) is 6.92 Å². The highest BCUT2D eigenvalue weighted by atomic mass is 16.1. The summed E-state index contributed by atoms with van der Waals surface area (Å²) in [4.78, 5) is 19.2. The number of hydrogen-bond donors (Lipinski definition) is 2. The van der Waals surface area contributed by atoms with Crippen molar-refractivity contribution in [3.63, 3.8) is 0 Å². The minimum atomic E-state index is -0.0599. The molecule has 0 spiro atoms. The van der Waals surface area contributed by atoms with E-state index < -0.39 is 0 Å². The van der Waals surface area contributed by atoms with Gasteiger partial charge in [-0.3, -0.25) is 4.79 Å². The molecule has 1 heterocycles. The second-order valence-corrected chi connectivity index (χ2v) is 5.17. The maximum atomic E-state index is 12.1. The van der Waals surface area contributed by atoms with Gasteiger partial charge in [0.1, 0.15) is 5.82 Å². The third-order valence-electron chi connectivity index (χ3n) is 3.50. The van der Waals surface area contributed by atoms with Crippen molar-refractivity contribution in [3.05, 3.63) is 63.3 Å². The van der Waals surface area contributed by atoms with Crippen LogP contribution >= 0.6 is 0 Å². The fraction of sp³-hybridized carbons (Fsp3) is 0.375. The molecule has 2 N–H and O–H groups in total. The molecular formula is C16H21N3O. The lowest BCUT2D eigenvalue weighted by Gasteiger charge is -2.21. The standard InChI is InChI=1S/C16H21N3O/c1-10(14-8-6-5-7-9-14)17-11(2)15-12(3)18-13(4)19-16(15)20/h5-11,17H,1-4H3,(H,18,19,20). The largest absolute Gasteiger partial charge is 0.310 e. The Hall–Kier alpha value is -1.94. The number of benzene rings is 1. The second-order valence-electron chi connectivity index (χ2n) is 5.17. The van der Waals surface area contributed by atoms with Gasteiger partial charge in [-0.15, -0.1) is 0 Å². The van der Waals surface area contributed by atoms with E-state index >= 15 is 0 Å². The molecule has 2 aromatic rings. The molecule has 106 valence electrons. The predicted octanol–water partition coefficient (Wildman–Crippen LogP) is 2.80. The van der Waals surface area contributed by atoms with Crippen LogP contribution in [0.25, 0.3) is 0 Å². The third-order valence-corrected chi connectivity index (χ3v) is 3.50. The monoisotopic (exact) mass is 271 g/mol. The molecule has 0 aliphatic rings. The quantitative estimate of drug-likeness (QED) is 0.899. The van der Waals surface area contributed by atoms with Crippen LogP contribution in [0, 0.1) is 13.8 Å². The summed E-state index contributed by atoms with van der Waals surface area (Å²) in [7, 11) is 0. The number of nitrogens with one attached hydrogen (secondary N) is 2. The van der Waals surface area contributed by atoms with Crippen LogP contribution in [0.5, 0.6) is 0 Å². The average molecular weight is 271 g/mol. The lowest BCUT2D eigenvalue weighted by atomic mass is 10.0. The number of H-pyrrole nitrogens is 1. The number of hydrogen-bond acceptors (Lipinski definition) is 3. The first-order valence-corrected chi connectivity index (χ1v) is 6.87. The Morgan fingerprint density at radius 1 is 1.10 bits per heavy atom. The van der Waals surface area contributed by atoms with Gasteiger partial charge in [0.25, 0.3) is 5.56 Å². The minimum absolute atomic E-state index is 0.0537. The molecule has 0 bridgehead atoms. The van der Waals surface area contributed by atoms with Crippen molar-refractivity contribution in [2.75, 3.05) is 0 Å². The summed E-state index contributed by atoms with van der Waals surface area (Å²) in [5.74, 6) is 0.652. The van der Waals surface area contributed by atoms with Crippen molar-refractivity contribution in [1.29, 1.82) is 0 Å². The SMILES string of the molecule is Cc1nc(C)c(C(C)NC(C)c2ccccc2)c(=O)[nH]1. The van der Waals surface area contributed by atoms with E-state index in [-0.39, 0.29) is 17.6 Å². The van der Waals surface area contributed by atoms with E-state index in [0.29, 0.717) is 11.4 Å². The zero-order valence-electron chi connectivity index (χ0n) is 12.4. The van der Waals surface area contributed by atoms with E-state index in [1.807, 2.05) is 32.0 Å². The summed E-state index contributed by atoms with van der Waals surface area (Å²) in [6.07, 6.45) is 0. The molecule has 0 saturated carbocycles. The average Bonchev–Trinajstić information content (AvgIpc) is 2.38. The summed E-state index contributed by atoms with van der Waals surface area (Å²) >= 11 is 0. The topological polar surface area (TPSA) is 57.8 Å². The zero-order valence-corrected chi connectivity index (χ0v) is 12.4. The molecular weight excluding hydrogens is 250 g/mol. The number of aromatic amines is 1. The molecule has 20 heavy (non-hydrogen) atoms. The molecule has 0 aliphatic carbocycles. The molecule has 2 rings (SSSR count). The fourth-order valence-corrected chi connectivity index (χ4v) is 2.54. The Morgan fingerprint density at radius 2 is 1.75 bits per heavy atom. The maximum absolute atomic E-state index is 12.1. The van der Waals surface area contributed by atoms with Crippen molar-refractivity contribution in [3.8, 4) is 0 Å². The highest BCUT2D eigenvalue weighted by Gasteiger charge is 2.17. The van der Waals surface area contributed by atoms with Crippen molar-refractivity contribution >= 4 is 0 Å². The van der Waals surface area contributed by atoms with Gasteiger partial charge in [-0.1, -0.05) is 30.3 Å². The Labute approximate surface area is 119 Å². The summed E-state index contributed by atoms with van der Waals surface area (Å²) < 4.78 is 0. The van der Waals surface area contributed by atoms with E-state index in [2.05, 4.69) is 34.3 Å². The first kappa shape index (κ1) is 14.5. The van der Waals surface area contributed by atoms with Crippen molar-refractivity contribution < 1.29 is 0 Å². The number of nitrogens with zero attached hydrogens (tertiary/aromatic N) is 1. The second kappa shape index (κ2) is 6.01. The summed E-state index contributed by atoms with van der Waals surface area (Å²) in [6, 6.07) is 10.3. The van der Waals surface area contributed by atoms with Gasteiger partial charge in [-0.05, 0) is 33.3 Å². The van der Waals surface area contributed by atoms with Gasteiger partial charge in [0.05, 0.1) is 5.56 Å². The van der Waals surface area contributed by atoms with Gasteiger partial charge in [0.15, 0.2) is 0 Å². The number of aryl methyl sites for hydroxylation is 2. The van der Waals surface area contributed by atoms with Crippen LogP contribution in [-0.4, -0.2) is 9.97 Å². The lowest BCUT2D eigenvalue weighted by Crippen LogP contribution is -2.29. The van der Waals surface area contributed by atoms with E-state index in [1.165, 1.54) is 5.56 Å². The van der Waals surface area contributed by atoms with Crippen molar-refractivity contribution in [2.45, 2.75) is 39.8 Å². The van der Waals surface area contributed by atoms with E-state index in [0.717, 1.165) is 5.69 Å². The first-order valence-electron chi connectivity index (χ1n) is 6.87. The minimum Gasteiger partial charge on any atom is -0.310 e. The molecule has 0 aliphatic heterocycles. The molecule has 4 nitrogen and oxygen atoms in total. The van der Waals surface area contributed by atoms with Gasteiger partial charge in [0, 0.05) is 17.8 Å². The smallest absolute Gasteiger partial charge is 0.255 e. The van der Waals surface area contributed by atoms with Crippen LogP contribution in [0.4, 0.5) is 0 Å². The first-order chi connectivity index (χ1) is 9.49. The summed E-state index contributed by atoms with van der Waals surface area (Å²) in [6.45, 7) is 7.76. The van der Waals surface area contributed by atoms with E-state index in [9.17, 15) is 4.79 Å². The molecule has 0 saturated heterocycles. The summed E-state index contributed by atoms with van der Waals surface area (Å²) in [5, 5.41) is 3.45.